The molecule has 0 aromatic heterocycles. The predicted octanol–water partition coefficient (Wildman–Crippen LogP) is -0.0232. The Balaban J connectivity index is 2.54. The van der Waals surface area contributed by atoms with Crippen molar-refractivity contribution in [1.29, 1.82) is 0 Å². The van der Waals surface area contributed by atoms with Crippen LogP contribution in [0.3, 0.4) is 0 Å². The van der Waals surface area contributed by atoms with Crippen LogP contribution in [0.15, 0.2) is 30.3 Å². The number of benzene rings is 1. The lowest BCUT2D eigenvalue weighted by molar-refractivity contribution is -0.148. The SMILES string of the molecule is CC(CSCC(NC(=O)CCC(N)C(=O)O)C(=O)NCC(=O)O)C(=O)OCc1ccccc1. The Morgan fingerprint density at radius 2 is 1.76 bits per heavy atom. The summed E-state index contributed by atoms with van der Waals surface area (Å²) in [7, 11) is 0. The molecule has 33 heavy (non-hydrogen) atoms. The molecular weight excluding hydrogens is 454 g/mol. The molecule has 0 aliphatic carbocycles. The van der Waals surface area contributed by atoms with E-state index in [1.54, 1.807) is 6.92 Å². The molecule has 0 heterocycles. The molecule has 1 rings (SSSR count). The lowest BCUT2D eigenvalue weighted by atomic mass is 10.1. The van der Waals surface area contributed by atoms with Crippen LogP contribution < -0.4 is 16.4 Å². The number of ether oxygens (including phenoxy) is 1. The zero-order valence-electron chi connectivity index (χ0n) is 18.2. The Morgan fingerprint density at radius 3 is 2.36 bits per heavy atom. The van der Waals surface area contributed by atoms with E-state index in [0.717, 1.165) is 5.56 Å². The standard InChI is InChI=1S/C21H29N3O8S/c1-13(21(31)32-10-14-5-3-2-4-6-14)11-33-12-16(19(28)23-9-18(26)27)24-17(25)8-7-15(22)20(29)30/h2-6,13,15-16H,7-12,22H2,1H3,(H,23,28)(H,24,25)(H,26,27)(H,29,30). The fourth-order valence-electron chi connectivity index (χ4n) is 2.45. The van der Waals surface area contributed by atoms with Gasteiger partial charge in [-0.2, -0.15) is 11.8 Å². The third-order valence-corrected chi connectivity index (χ3v) is 5.65. The summed E-state index contributed by atoms with van der Waals surface area (Å²) in [6, 6.07) is 6.90. The average molecular weight is 484 g/mol. The summed E-state index contributed by atoms with van der Waals surface area (Å²) in [4.78, 5) is 58.0. The molecule has 1 aromatic rings. The highest BCUT2D eigenvalue weighted by Gasteiger charge is 2.23. The zero-order valence-corrected chi connectivity index (χ0v) is 19.0. The summed E-state index contributed by atoms with van der Waals surface area (Å²) in [5.41, 5.74) is 6.22. The first kappa shape index (κ1) is 27.9. The molecule has 0 bridgehead atoms. The molecule has 0 fully saturated rings. The third kappa shape index (κ3) is 11.9. The molecule has 11 nitrogen and oxygen atoms in total. The van der Waals surface area contributed by atoms with E-state index in [9.17, 15) is 24.0 Å². The Kier molecular flexibility index (Phi) is 12.6. The summed E-state index contributed by atoms with van der Waals surface area (Å²) >= 11 is 1.21. The minimum atomic E-state index is -1.25. The molecular formula is C21H29N3O8S. The molecule has 3 atom stereocenters. The Morgan fingerprint density at radius 1 is 1.09 bits per heavy atom. The number of carboxylic acids is 2. The third-order valence-electron chi connectivity index (χ3n) is 4.34. The van der Waals surface area contributed by atoms with E-state index in [4.69, 9.17) is 20.7 Å². The number of thioether (sulfide) groups is 1. The normalized spacial score (nSPS) is 13.3. The first-order valence-corrected chi connectivity index (χ1v) is 11.3. The van der Waals surface area contributed by atoms with E-state index in [-0.39, 0.29) is 25.2 Å². The van der Waals surface area contributed by atoms with E-state index in [0.29, 0.717) is 5.75 Å². The van der Waals surface area contributed by atoms with Gasteiger partial charge >= 0.3 is 17.9 Å². The van der Waals surface area contributed by atoms with Crippen molar-refractivity contribution in [2.24, 2.45) is 11.7 Å². The van der Waals surface area contributed by atoms with Gasteiger partial charge in [-0.1, -0.05) is 37.3 Å². The second-order valence-electron chi connectivity index (χ2n) is 7.25. The van der Waals surface area contributed by atoms with Crippen LogP contribution >= 0.6 is 11.8 Å². The first-order valence-electron chi connectivity index (χ1n) is 10.2. The highest BCUT2D eigenvalue weighted by atomic mass is 32.2. The van der Waals surface area contributed by atoms with Gasteiger partial charge in [0.25, 0.3) is 0 Å². The van der Waals surface area contributed by atoms with Crippen molar-refractivity contribution in [2.45, 2.75) is 38.5 Å². The van der Waals surface area contributed by atoms with Crippen LogP contribution in [0.2, 0.25) is 0 Å². The maximum atomic E-state index is 12.3. The van der Waals surface area contributed by atoms with Crippen molar-refractivity contribution in [3.63, 3.8) is 0 Å². The quantitative estimate of drug-likeness (QED) is 0.212. The molecule has 0 radical (unpaired) electrons. The number of nitrogens with two attached hydrogens (primary N) is 1. The number of hydrogen-bond donors (Lipinski definition) is 5. The second kappa shape index (κ2) is 14.9. The fourth-order valence-corrected chi connectivity index (χ4v) is 3.54. The number of hydrogen-bond acceptors (Lipinski definition) is 8. The maximum absolute atomic E-state index is 12.3. The topological polar surface area (TPSA) is 185 Å². The van der Waals surface area contributed by atoms with Crippen molar-refractivity contribution in [3.8, 4) is 0 Å². The molecule has 0 spiro atoms. The van der Waals surface area contributed by atoms with E-state index >= 15 is 0 Å². The lowest BCUT2D eigenvalue weighted by Gasteiger charge is -2.19. The van der Waals surface area contributed by atoms with Gasteiger partial charge < -0.3 is 31.3 Å². The van der Waals surface area contributed by atoms with Gasteiger partial charge in [-0.3, -0.25) is 24.0 Å². The number of aliphatic carboxylic acids is 2. The molecule has 0 saturated carbocycles. The molecule has 12 heteroatoms. The van der Waals surface area contributed by atoms with E-state index in [1.807, 2.05) is 30.3 Å². The number of rotatable bonds is 15. The zero-order chi connectivity index (χ0) is 24.8. The molecule has 182 valence electrons. The van der Waals surface area contributed by atoms with Crippen LogP contribution in [0.4, 0.5) is 0 Å². The van der Waals surface area contributed by atoms with E-state index in [2.05, 4.69) is 10.6 Å². The number of carboxylic acid groups (broad SMARTS) is 2. The molecule has 0 saturated heterocycles. The van der Waals surface area contributed by atoms with Crippen LogP contribution in [0.25, 0.3) is 0 Å². The molecule has 3 unspecified atom stereocenters. The van der Waals surface area contributed by atoms with Crippen molar-refractivity contribution in [3.05, 3.63) is 35.9 Å². The number of amides is 2. The Bertz CT molecular complexity index is 821. The summed E-state index contributed by atoms with van der Waals surface area (Å²) < 4.78 is 5.27. The van der Waals surface area contributed by atoms with Crippen molar-refractivity contribution >= 4 is 41.5 Å². The molecule has 0 aliphatic heterocycles. The average Bonchev–Trinajstić information content (AvgIpc) is 2.78. The van der Waals surface area contributed by atoms with Gasteiger partial charge in [0.05, 0.1) is 5.92 Å². The highest BCUT2D eigenvalue weighted by molar-refractivity contribution is 7.99. The highest BCUT2D eigenvalue weighted by Crippen LogP contribution is 2.13. The lowest BCUT2D eigenvalue weighted by Crippen LogP contribution is -2.49. The summed E-state index contributed by atoms with van der Waals surface area (Å²) in [6.07, 6.45) is -0.342. The van der Waals surface area contributed by atoms with Crippen LogP contribution in [0.1, 0.15) is 25.3 Å². The summed E-state index contributed by atoms with van der Waals surface area (Å²) in [5.74, 6) is -4.33. The van der Waals surface area contributed by atoms with Gasteiger partial charge in [-0.15, -0.1) is 0 Å². The van der Waals surface area contributed by atoms with E-state index in [1.165, 1.54) is 11.8 Å². The van der Waals surface area contributed by atoms with Gasteiger partial charge in [-0.05, 0) is 12.0 Å². The minimum absolute atomic E-state index is 0.0679. The summed E-state index contributed by atoms with van der Waals surface area (Å²) in [6.45, 7) is 1.19. The van der Waals surface area contributed by atoms with Crippen LogP contribution in [-0.2, 0) is 35.3 Å². The van der Waals surface area contributed by atoms with Gasteiger partial charge in [-0.25, -0.2) is 0 Å². The van der Waals surface area contributed by atoms with Gasteiger partial charge in [0, 0.05) is 17.9 Å². The smallest absolute Gasteiger partial charge is 0.322 e. The molecule has 0 aliphatic rings. The Hall–Kier alpha value is -3.12. The first-order chi connectivity index (χ1) is 15.6. The molecule has 2 amide bonds. The number of esters is 1. The molecule has 6 N–H and O–H groups in total. The summed E-state index contributed by atoms with van der Waals surface area (Å²) in [5, 5.41) is 22.2. The van der Waals surface area contributed by atoms with Crippen LogP contribution in [-0.4, -0.2) is 70.1 Å². The number of carbonyl (C=O) groups excluding carboxylic acids is 3. The predicted molar refractivity (Wildman–Crippen MR) is 120 cm³/mol. The van der Waals surface area contributed by atoms with Crippen molar-refractivity contribution in [1.82, 2.24) is 10.6 Å². The van der Waals surface area contributed by atoms with Crippen molar-refractivity contribution < 1.29 is 38.9 Å². The van der Waals surface area contributed by atoms with Crippen LogP contribution in [0, 0.1) is 5.92 Å². The fraction of sp³-hybridized carbons (Fsp3) is 0.476. The minimum Gasteiger partial charge on any atom is -0.480 e. The van der Waals surface area contributed by atoms with E-state index < -0.39 is 54.3 Å². The van der Waals surface area contributed by atoms with Gasteiger partial charge in [0.15, 0.2) is 0 Å². The monoisotopic (exact) mass is 483 g/mol. The van der Waals surface area contributed by atoms with Gasteiger partial charge in [0.1, 0.15) is 25.2 Å². The van der Waals surface area contributed by atoms with Crippen LogP contribution in [0.5, 0.6) is 0 Å². The second-order valence-corrected chi connectivity index (χ2v) is 8.32. The number of carbonyl (C=O) groups is 5. The molecule has 1 aromatic carbocycles. The largest absolute Gasteiger partial charge is 0.480 e. The van der Waals surface area contributed by atoms with Crippen molar-refractivity contribution in [2.75, 3.05) is 18.1 Å². The van der Waals surface area contributed by atoms with Gasteiger partial charge in [0.2, 0.25) is 11.8 Å². The Labute approximate surface area is 195 Å². The maximum Gasteiger partial charge on any atom is 0.322 e. The number of nitrogens with one attached hydrogen (secondary N) is 2.